The molecule has 0 aromatic carbocycles. The molecule has 1 N–H and O–H groups in total. The quantitative estimate of drug-likeness (QED) is 0.781. The number of fused-ring (bicyclic) bond motifs is 1. The van der Waals surface area contributed by atoms with Crippen molar-refractivity contribution in [1.29, 1.82) is 0 Å². The van der Waals surface area contributed by atoms with Crippen molar-refractivity contribution >= 4 is 22.4 Å². The number of hydrogen-bond donors (Lipinski definition) is 1. The maximum absolute atomic E-state index is 12.1. The number of nitrogens with zero attached hydrogens (tertiary/aromatic N) is 4. The van der Waals surface area contributed by atoms with E-state index in [-0.39, 0.29) is 5.56 Å². The molecule has 3 aromatic heterocycles. The van der Waals surface area contributed by atoms with Gasteiger partial charge in [0.2, 0.25) is 0 Å². The normalized spacial score (nSPS) is 15.0. The summed E-state index contributed by atoms with van der Waals surface area (Å²) in [6.07, 6.45) is 4.02. The predicted molar refractivity (Wildman–Crippen MR) is 85.7 cm³/mol. The van der Waals surface area contributed by atoms with Gasteiger partial charge in [0.25, 0.3) is 5.56 Å². The molecule has 0 amide bonds. The monoisotopic (exact) mass is 315 g/mol. The van der Waals surface area contributed by atoms with E-state index in [9.17, 15) is 4.79 Å². The van der Waals surface area contributed by atoms with Gasteiger partial charge in [-0.25, -0.2) is 4.98 Å². The third kappa shape index (κ3) is 2.57. The minimum absolute atomic E-state index is 0.111. The van der Waals surface area contributed by atoms with Gasteiger partial charge in [-0.2, -0.15) is 5.10 Å². The predicted octanol–water partition coefficient (Wildman–Crippen LogP) is 1.88. The molecule has 0 aliphatic heterocycles. The van der Waals surface area contributed by atoms with E-state index in [1.165, 1.54) is 17.7 Å². The van der Waals surface area contributed by atoms with E-state index >= 15 is 0 Å². The number of aryl methyl sites for hydroxylation is 1. The number of hydrogen-bond acceptors (Lipinski definition) is 5. The van der Waals surface area contributed by atoms with Crippen LogP contribution in [0.4, 0.5) is 0 Å². The Labute approximate surface area is 131 Å². The average molecular weight is 315 g/mol. The van der Waals surface area contributed by atoms with E-state index in [0.29, 0.717) is 29.4 Å². The standard InChI is InChI=1S/C15H17N5OS/c1-19-14-12(7-16-19)15(21)18-13(17-14)9-20(10-4-5-10)8-11-3-2-6-22-11/h2-3,6-7,10H,4-5,8-9H2,1H3,(H,17,18,21). The summed E-state index contributed by atoms with van der Waals surface area (Å²) in [5.41, 5.74) is 0.533. The van der Waals surface area contributed by atoms with Crippen molar-refractivity contribution < 1.29 is 0 Å². The first-order valence-electron chi connectivity index (χ1n) is 7.38. The summed E-state index contributed by atoms with van der Waals surface area (Å²) < 4.78 is 1.65. The molecular formula is C15H17N5OS. The van der Waals surface area contributed by atoms with Crippen LogP contribution in [0.2, 0.25) is 0 Å². The molecule has 6 nitrogen and oxygen atoms in total. The van der Waals surface area contributed by atoms with Gasteiger partial charge >= 0.3 is 0 Å². The van der Waals surface area contributed by atoms with Crippen molar-refractivity contribution in [3.05, 3.63) is 44.8 Å². The van der Waals surface area contributed by atoms with Crippen molar-refractivity contribution in [1.82, 2.24) is 24.6 Å². The second-order valence-electron chi connectivity index (χ2n) is 5.73. The zero-order chi connectivity index (χ0) is 15.1. The van der Waals surface area contributed by atoms with Crippen LogP contribution in [0.15, 0.2) is 28.5 Å². The maximum atomic E-state index is 12.1. The molecule has 0 saturated heterocycles. The molecule has 0 spiro atoms. The Morgan fingerprint density at radius 2 is 2.32 bits per heavy atom. The van der Waals surface area contributed by atoms with Crippen molar-refractivity contribution in [2.75, 3.05) is 0 Å². The molecule has 7 heteroatoms. The van der Waals surface area contributed by atoms with Gasteiger partial charge in [0.15, 0.2) is 5.65 Å². The molecule has 0 atom stereocenters. The first-order chi connectivity index (χ1) is 10.7. The fraction of sp³-hybridized carbons (Fsp3) is 0.400. The fourth-order valence-corrected chi connectivity index (χ4v) is 3.43. The summed E-state index contributed by atoms with van der Waals surface area (Å²) in [7, 11) is 1.81. The molecule has 3 heterocycles. The number of nitrogens with one attached hydrogen (secondary N) is 1. The van der Waals surface area contributed by atoms with Gasteiger partial charge in [-0.1, -0.05) is 6.07 Å². The van der Waals surface area contributed by atoms with Gasteiger partial charge in [0.1, 0.15) is 11.2 Å². The highest BCUT2D eigenvalue weighted by Gasteiger charge is 2.29. The lowest BCUT2D eigenvalue weighted by Gasteiger charge is -2.20. The van der Waals surface area contributed by atoms with Gasteiger partial charge in [-0.05, 0) is 24.3 Å². The summed E-state index contributed by atoms with van der Waals surface area (Å²) >= 11 is 1.77. The van der Waals surface area contributed by atoms with Crippen molar-refractivity contribution in [2.24, 2.45) is 7.05 Å². The summed E-state index contributed by atoms with van der Waals surface area (Å²) in [5, 5.41) is 6.75. The molecule has 1 aliphatic rings. The average Bonchev–Trinajstić information content (AvgIpc) is 3.10. The van der Waals surface area contributed by atoms with Crippen LogP contribution >= 0.6 is 11.3 Å². The Balaban J connectivity index is 1.63. The van der Waals surface area contributed by atoms with E-state index in [1.807, 2.05) is 7.05 Å². The van der Waals surface area contributed by atoms with Crippen molar-refractivity contribution in [2.45, 2.75) is 32.0 Å². The van der Waals surface area contributed by atoms with Crippen LogP contribution in [0.5, 0.6) is 0 Å². The second-order valence-corrected chi connectivity index (χ2v) is 6.77. The number of rotatable bonds is 5. The largest absolute Gasteiger partial charge is 0.309 e. The lowest BCUT2D eigenvalue weighted by molar-refractivity contribution is 0.241. The van der Waals surface area contributed by atoms with Crippen LogP contribution in [-0.4, -0.2) is 30.7 Å². The molecule has 114 valence electrons. The highest BCUT2D eigenvalue weighted by atomic mass is 32.1. The van der Waals surface area contributed by atoms with E-state index in [1.54, 1.807) is 22.2 Å². The SMILES string of the molecule is Cn1ncc2c(=O)[nH]c(CN(Cc3cccs3)C3CC3)nc21. The van der Waals surface area contributed by atoms with Crippen molar-refractivity contribution in [3.63, 3.8) is 0 Å². The number of H-pyrrole nitrogens is 1. The lowest BCUT2D eigenvalue weighted by Crippen LogP contribution is -2.27. The van der Waals surface area contributed by atoms with E-state index in [2.05, 4.69) is 37.5 Å². The smallest absolute Gasteiger partial charge is 0.262 e. The summed E-state index contributed by atoms with van der Waals surface area (Å²) in [6.45, 7) is 1.58. The molecule has 0 bridgehead atoms. The molecule has 1 fully saturated rings. The zero-order valence-corrected chi connectivity index (χ0v) is 13.1. The molecule has 4 rings (SSSR count). The molecule has 3 aromatic rings. The van der Waals surface area contributed by atoms with Crippen molar-refractivity contribution in [3.8, 4) is 0 Å². The van der Waals surface area contributed by atoms with Crippen LogP contribution in [0.1, 0.15) is 23.5 Å². The molecular weight excluding hydrogens is 298 g/mol. The molecule has 0 unspecified atom stereocenters. The Morgan fingerprint density at radius 1 is 1.45 bits per heavy atom. The highest BCUT2D eigenvalue weighted by molar-refractivity contribution is 7.09. The fourth-order valence-electron chi connectivity index (χ4n) is 2.70. The number of aromatic amines is 1. The first-order valence-corrected chi connectivity index (χ1v) is 8.26. The molecule has 1 saturated carbocycles. The summed E-state index contributed by atoms with van der Waals surface area (Å²) in [5.74, 6) is 0.713. The topological polar surface area (TPSA) is 66.8 Å². The Bertz CT molecular complexity index is 847. The van der Waals surface area contributed by atoms with E-state index < -0.39 is 0 Å². The molecule has 1 aliphatic carbocycles. The van der Waals surface area contributed by atoms with Crippen LogP contribution in [0.3, 0.4) is 0 Å². The summed E-state index contributed by atoms with van der Waals surface area (Å²) in [6, 6.07) is 4.84. The maximum Gasteiger partial charge on any atom is 0.262 e. The van der Waals surface area contributed by atoms with E-state index in [4.69, 9.17) is 0 Å². The van der Waals surface area contributed by atoms with Crippen LogP contribution in [0, 0.1) is 0 Å². The Kier molecular flexibility index (Phi) is 3.31. The minimum atomic E-state index is -0.111. The van der Waals surface area contributed by atoms with Gasteiger partial charge in [-0.3, -0.25) is 14.4 Å². The zero-order valence-electron chi connectivity index (χ0n) is 12.3. The third-order valence-corrected chi connectivity index (χ3v) is 4.87. The van der Waals surface area contributed by atoms with Gasteiger partial charge in [0, 0.05) is 24.5 Å². The Morgan fingerprint density at radius 3 is 3.05 bits per heavy atom. The van der Waals surface area contributed by atoms with Crippen LogP contribution in [-0.2, 0) is 20.1 Å². The van der Waals surface area contributed by atoms with Crippen LogP contribution < -0.4 is 5.56 Å². The first kappa shape index (κ1) is 13.7. The number of aromatic nitrogens is 4. The number of thiophene rings is 1. The van der Waals surface area contributed by atoms with Gasteiger partial charge in [-0.15, -0.1) is 11.3 Å². The molecule has 0 radical (unpaired) electrons. The van der Waals surface area contributed by atoms with E-state index in [0.717, 1.165) is 6.54 Å². The lowest BCUT2D eigenvalue weighted by atomic mass is 10.3. The minimum Gasteiger partial charge on any atom is -0.309 e. The van der Waals surface area contributed by atoms with Gasteiger partial charge < -0.3 is 4.98 Å². The highest BCUT2D eigenvalue weighted by Crippen LogP contribution is 2.30. The van der Waals surface area contributed by atoms with Gasteiger partial charge in [0.05, 0.1) is 12.7 Å². The third-order valence-electron chi connectivity index (χ3n) is 4.01. The molecule has 22 heavy (non-hydrogen) atoms. The Hall–Kier alpha value is -1.99. The summed E-state index contributed by atoms with van der Waals surface area (Å²) in [4.78, 5) is 23.3. The second kappa shape index (κ2) is 5.33. The van der Waals surface area contributed by atoms with Crippen LogP contribution in [0.25, 0.3) is 11.0 Å².